The average Bonchev–Trinajstić information content (AvgIpc) is 3.15. The lowest BCUT2D eigenvalue weighted by Gasteiger charge is -2.28. The molecule has 7 heteroatoms. The van der Waals surface area contributed by atoms with Crippen molar-refractivity contribution in [3.63, 3.8) is 0 Å². The standard InChI is InChI=1S/C26H25FN4O2/c1-17-18(6-5-9-22(17)27)14-23-24(26(33)30-12-10-28-11-13-30)21-15-20(32)16-29-25(21)31(23)19-7-3-2-4-8-19/h2-9,15-16,28,32H,10-14H2,1H3. The highest BCUT2D eigenvalue weighted by Crippen LogP contribution is 2.33. The van der Waals surface area contributed by atoms with Crippen molar-refractivity contribution in [1.29, 1.82) is 0 Å². The molecule has 0 aliphatic carbocycles. The SMILES string of the molecule is Cc1c(F)cccc1Cc1c(C(=O)N2CCNCC2)c2cc(O)cnc2n1-c1ccccc1. The molecule has 2 N–H and O–H groups in total. The average molecular weight is 445 g/mol. The van der Waals surface area contributed by atoms with E-state index in [1.165, 1.54) is 12.3 Å². The van der Waals surface area contributed by atoms with Crippen molar-refractivity contribution in [3.8, 4) is 11.4 Å². The summed E-state index contributed by atoms with van der Waals surface area (Å²) in [4.78, 5) is 20.2. The highest BCUT2D eigenvalue weighted by atomic mass is 19.1. The maximum absolute atomic E-state index is 14.4. The van der Waals surface area contributed by atoms with Gasteiger partial charge >= 0.3 is 0 Å². The molecule has 0 radical (unpaired) electrons. The number of aromatic hydroxyl groups is 1. The molecule has 1 fully saturated rings. The van der Waals surface area contributed by atoms with E-state index in [1.54, 1.807) is 19.1 Å². The van der Waals surface area contributed by atoms with Crippen molar-refractivity contribution in [2.24, 2.45) is 0 Å². The van der Waals surface area contributed by atoms with Crippen LogP contribution in [0.5, 0.6) is 5.75 Å². The van der Waals surface area contributed by atoms with Crippen LogP contribution in [0.3, 0.4) is 0 Å². The van der Waals surface area contributed by atoms with Gasteiger partial charge in [-0.15, -0.1) is 0 Å². The van der Waals surface area contributed by atoms with Crippen LogP contribution in [-0.2, 0) is 6.42 Å². The molecule has 1 amide bonds. The number of fused-ring (bicyclic) bond motifs is 1. The van der Waals surface area contributed by atoms with Crippen LogP contribution in [0.25, 0.3) is 16.7 Å². The van der Waals surface area contributed by atoms with Gasteiger partial charge in [0.05, 0.1) is 11.8 Å². The van der Waals surface area contributed by atoms with Gasteiger partial charge in [-0.3, -0.25) is 9.36 Å². The second-order valence-corrected chi connectivity index (χ2v) is 8.30. The fourth-order valence-corrected chi connectivity index (χ4v) is 4.52. The number of carbonyl (C=O) groups is 1. The van der Waals surface area contributed by atoms with Gasteiger partial charge in [0.25, 0.3) is 5.91 Å². The Balaban J connectivity index is 1.79. The van der Waals surface area contributed by atoms with Gasteiger partial charge < -0.3 is 15.3 Å². The number of piperazine rings is 1. The number of pyridine rings is 1. The Labute approximate surface area is 191 Å². The molecule has 1 saturated heterocycles. The smallest absolute Gasteiger partial charge is 0.256 e. The van der Waals surface area contributed by atoms with Crippen LogP contribution in [0.15, 0.2) is 60.8 Å². The summed E-state index contributed by atoms with van der Waals surface area (Å²) >= 11 is 0. The second-order valence-electron chi connectivity index (χ2n) is 8.30. The number of hydrogen-bond acceptors (Lipinski definition) is 4. The fourth-order valence-electron chi connectivity index (χ4n) is 4.52. The third kappa shape index (κ3) is 3.85. The molecule has 33 heavy (non-hydrogen) atoms. The molecule has 168 valence electrons. The van der Waals surface area contributed by atoms with Gasteiger partial charge in [0.1, 0.15) is 17.2 Å². The topological polar surface area (TPSA) is 70.4 Å². The first kappa shape index (κ1) is 21.2. The summed E-state index contributed by atoms with van der Waals surface area (Å²) in [5.41, 5.74) is 4.02. The summed E-state index contributed by atoms with van der Waals surface area (Å²) in [6.07, 6.45) is 1.74. The molecule has 1 aliphatic heterocycles. The number of para-hydroxylation sites is 1. The monoisotopic (exact) mass is 444 g/mol. The van der Waals surface area contributed by atoms with Gasteiger partial charge in [0.15, 0.2) is 0 Å². The Hall–Kier alpha value is -3.71. The Kier molecular flexibility index (Phi) is 5.56. The predicted octanol–water partition coefficient (Wildman–Crippen LogP) is 3.81. The first-order chi connectivity index (χ1) is 16.0. The van der Waals surface area contributed by atoms with Gasteiger partial charge in [-0.1, -0.05) is 30.3 Å². The van der Waals surface area contributed by atoms with E-state index in [4.69, 9.17) is 0 Å². The normalized spacial score (nSPS) is 14.1. The zero-order valence-electron chi connectivity index (χ0n) is 18.4. The highest BCUT2D eigenvalue weighted by molar-refractivity contribution is 6.08. The largest absolute Gasteiger partial charge is 0.506 e. The van der Waals surface area contributed by atoms with Gasteiger partial charge in [-0.2, -0.15) is 0 Å². The molecule has 0 bridgehead atoms. The van der Waals surface area contributed by atoms with Crippen LogP contribution in [0.2, 0.25) is 0 Å². The second kappa shape index (κ2) is 8.67. The zero-order valence-corrected chi connectivity index (χ0v) is 18.4. The Morgan fingerprint density at radius 3 is 2.64 bits per heavy atom. The third-order valence-corrected chi connectivity index (χ3v) is 6.26. The lowest BCUT2D eigenvalue weighted by molar-refractivity contribution is 0.0736. The number of nitrogens with one attached hydrogen (secondary N) is 1. The van der Waals surface area contributed by atoms with Crippen molar-refractivity contribution < 1.29 is 14.3 Å². The highest BCUT2D eigenvalue weighted by Gasteiger charge is 2.29. The molecular formula is C26H25FN4O2. The minimum Gasteiger partial charge on any atom is -0.506 e. The van der Waals surface area contributed by atoms with Crippen LogP contribution in [0, 0.1) is 12.7 Å². The lowest BCUT2D eigenvalue weighted by Crippen LogP contribution is -2.46. The molecule has 3 heterocycles. The number of amides is 1. The van der Waals surface area contributed by atoms with E-state index in [9.17, 15) is 14.3 Å². The number of rotatable bonds is 4. The zero-order chi connectivity index (χ0) is 22.9. The molecule has 0 atom stereocenters. The van der Waals surface area contributed by atoms with Crippen LogP contribution >= 0.6 is 0 Å². The molecule has 5 rings (SSSR count). The quantitative estimate of drug-likeness (QED) is 0.502. The summed E-state index contributed by atoms with van der Waals surface area (Å²) in [6, 6.07) is 16.3. The number of halogens is 1. The summed E-state index contributed by atoms with van der Waals surface area (Å²) < 4.78 is 16.3. The molecule has 4 aromatic rings. The van der Waals surface area contributed by atoms with E-state index in [-0.39, 0.29) is 17.5 Å². The summed E-state index contributed by atoms with van der Waals surface area (Å²) in [5, 5.41) is 14.1. The molecule has 0 unspecified atom stereocenters. The van der Waals surface area contributed by atoms with E-state index in [0.29, 0.717) is 41.7 Å². The molecular weight excluding hydrogens is 419 g/mol. The lowest BCUT2D eigenvalue weighted by atomic mass is 9.99. The predicted molar refractivity (Wildman–Crippen MR) is 125 cm³/mol. The summed E-state index contributed by atoms with van der Waals surface area (Å²) in [7, 11) is 0. The van der Waals surface area contributed by atoms with Crippen molar-refractivity contribution in [2.45, 2.75) is 13.3 Å². The van der Waals surface area contributed by atoms with Gasteiger partial charge in [0.2, 0.25) is 0 Å². The van der Waals surface area contributed by atoms with E-state index in [0.717, 1.165) is 30.0 Å². The maximum Gasteiger partial charge on any atom is 0.256 e. The number of carbonyl (C=O) groups excluding carboxylic acids is 1. The van der Waals surface area contributed by atoms with E-state index >= 15 is 0 Å². The molecule has 1 aliphatic rings. The Morgan fingerprint density at radius 2 is 1.88 bits per heavy atom. The van der Waals surface area contributed by atoms with Gasteiger partial charge in [-0.25, -0.2) is 9.37 Å². The Bertz CT molecular complexity index is 1330. The van der Waals surface area contributed by atoms with Crippen LogP contribution in [-0.4, -0.2) is 51.6 Å². The number of hydrogen-bond donors (Lipinski definition) is 2. The summed E-state index contributed by atoms with van der Waals surface area (Å²) in [6.45, 7) is 4.40. The number of benzene rings is 2. The number of nitrogens with zero attached hydrogens (tertiary/aromatic N) is 3. The first-order valence-electron chi connectivity index (χ1n) is 11.1. The van der Waals surface area contributed by atoms with E-state index < -0.39 is 0 Å². The molecule has 2 aromatic carbocycles. The van der Waals surface area contributed by atoms with Gasteiger partial charge in [-0.05, 0) is 42.3 Å². The number of aromatic nitrogens is 2. The van der Waals surface area contributed by atoms with Crippen molar-refractivity contribution in [3.05, 3.63) is 89.0 Å². The van der Waals surface area contributed by atoms with Gasteiger partial charge in [0, 0.05) is 49.4 Å². The summed E-state index contributed by atoms with van der Waals surface area (Å²) in [5.74, 6) is -0.385. The molecule has 0 spiro atoms. The minimum atomic E-state index is -0.277. The molecule has 6 nitrogen and oxygen atoms in total. The first-order valence-corrected chi connectivity index (χ1v) is 11.1. The van der Waals surface area contributed by atoms with Crippen molar-refractivity contribution in [2.75, 3.05) is 26.2 Å². The fraction of sp³-hybridized carbons (Fsp3) is 0.231. The van der Waals surface area contributed by atoms with Crippen LogP contribution in [0.1, 0.15) is 27.2 Å². The maximum atomic E-state index is 14.4. The Morgan fingerprint density at radius 1 is 1.12 bits per heavy atom. The minimum absolute atomic E-state index is 0.00411. The van der Waals surface area contributed by atoms with Crippen molar-refractivity contribution in [1.82, 2.24) is 19.8 Å². The van der Waals surface area contributed by atoms with E-state index in [1.807, 2.05) is 45.9 Å². The third-order valence-electron chi connectivity index (χ3n) is 6.26. The van der Waals surface area contributed by atoms with Crippen LogP contribution in [0.4, 0.5) is 4.39 Å². The van der Waals surface area contributed by atoms with Crippen LogP contribution < -0.4 is 5.32 Å². The van der Waals surface area contributed by atoms with E-state index in [2.05, 4.69) is 10.3 Å². The molecule has 2 aromatic heterocycles. The molecule has 0 saturated carbocycles. The van der Waals surface area contributed by atoms with Crippen molar-refractivity contribution >= 4 is 16.9 Å².